The maximum Gasteiger partial charge on any atom is 0.342 e. The van der Waals surface area contributed by atoms with Gasteiger partial charge in [0.1, 0.15) is 23.5 Å². The van der Waals surface area contributed by atoms with Crippen molar-refractivity contribution >= 4 is 5.97 Å². The van der Waals surface area contributed by atoms with Crippen molar-refractivity contribution in [2.75, 3.05) is 13.6 Å². The summed E-state index contributed by atoms with van der Waals surface area (Å²) in [6, 6.07) is 10.0. The van der Waals surface area contributed by atoms with Gasteiger partial charge in [-0.05, 0) is 49.9 Å². The van der Waals surface area contributed by atoms with Crippen molar-refractivity contribution in [3.63, 3.8) is 0 Å². The van der Waals surface area contributed by atoms with Gasteiger partial charge in [0.2, 0.25) is 0 Å². The monoisotopic (exact) mass is 393 g/mol. The first-order valence-corrected chi connectivity index (χ1v) is 9.87. The summed E-state index contributed by atoms with van der Waals surface area (Å²) in [7, 11) is 2.09. The number of para-hydroxylation sites is 1. The average Bonchev–Trinajstić information content (AvgIpc) is 2.97. The summed E-state index contributed by atoms with van der Waals surface area (Å²) >= 11 is 0. The van der Waals surface area contributed by atoms with Crippen LogP contribution in [0.15, 0.2) is 48.6 Å². The van der Waals surface area contributed by atoms with Crippen molar-refractivity contribution < 1.29 is 24.5 Å². The number of nitrogens with zero attached hydrogens (tertiary/aromatic N) is 1. The molecule has 6 nitrogen and oxygen atoms in total. The van der Waals surface area contributed by atoms with Crippen LogP contribution in [0.4, 0.5) is 0 Å². The fourth-order valence-corrected chi connectivity index (χ4v) is 4.85. The Morgan fingerprint density at radius 1 is 1.21 bits per heavy atom. The van der Waals surface area contributed by atoms with Gasteiger partial charge in [-0.1, -0.05) is 24.3 Å². The molecule has 2 unspecified atom stereocenters. The van der Waals surface area contributed by atoms with Gasteiger partial charge in [-0.25, -0.2) is 4.79 Å². The second-order valence-electron chi connectivity index (χ2n) is 8.14. The van der Waals surface area contributed by atoms with Gasteiger partial charge in [0, 0.05) is 18.5 Å². The molecule has 0 amide bonds. The van der Waals surface area contributed by atoms with Gasteiger partial charge in [-0.15, -0.1) is 0 Å². The Balaban J connectivity index is 1.46. The third-order valence-corrected chi connectivity index (χ3v) is 6.31. The van der Waals surface area contributed by atoms with Crippen LogP contribution in [0.2, 0.25) is 0 Å². The lowest BCUT2D eigenvalue weighted by Gasteiger charge is -2.36. The van der Waals surface area contributed by atoms with Crippen LogP contribution in [0.25, 0.3) is 0 Å². The molecule has 0 saturated heterocycles. The number of phenolic OH excluding ortho intramolecular Hbond substituents is 2. The number of phenols is 2. The van der Waals surface area contributed by atoms with Crippen molar-refractivity contribution in [3.8, 4) is 17.2 Å². The predicted octanol–water partition coefficient (Wildman–Crippen LogP) is 3.12. The van der Waals surface area contributed by atoms with E-state index < -0.39 is 12.1 Å². The maximum atomic E-state index is 12.5. The summed E-state index contributed by atoms with van der Waals surface area (Å²) < 4.78 is 11.9. The zero-order chi connectivity index (χ0) is 20.2. The molecule has 6 heteroatoms. The topological polar surface area (TPSA) is 79.2 Å². The Morgan fingerprint density at radius 2 is 2.03 bits per heavy atom. The third-order valence-electron chi connectivity index (χ3n) is 6.31. The lowest BCUT2D eigenvalue weighted by Crippen LogP contribution is -2.43. The molecule has 0 aromatic heterocycles. The van der Waals surface area contributed by atoms with E-state index in [-0.39, 0.29) is 28.6 Å². The van der Waals surface area contributed by atoms with Crippen LogP contribution in [-0.4, -0.2) is 46.9 Å². The molecule has 2 aromatic carbocycles. The smallest absolute Gasteiger partial charge is 0.342 e. The molecule has 3 aliphatic rings. The zero-order valence-corrected chi connectivity index (χ0v) is 16.2. The van der Waals surface area contributed by atoms with Gasteiger partial charge in [0.15, 0.2) is 11.5 Å². The van der Waals surface area contributed by atoms with Crippen LogP contribution >= 0.6 is 0 Å². The fourth-order valence-electron chi connectivity index (χ4n) is 4.85. The second-order valence-corrected chi connectivity index (χ2v) is 8.14. The molecule has 0 saturated carbocycles. The summed E-state index contributed by atoms with van der Waals surface area (Å²) in [5.74, 6) is 0.0476. The van der Waals surface area contributed by atoms with Crippen molar-refractivity contribution in [2.45, 2.75) is 37.0 Å². The predicted molar refractivity (Wildman–Crippen MR) is 106 cm³/mol. The third kappa shape index (κ3) is 2.78. The molecule has 3 atom stereocenters. The molecule has 1 aliphatic carbocycles. The molecule has 29 heavy (non-hydrogen) atoms. The van der Waals surface area contributed by atoms with Gasteiger partial charge >= 0.3 is 5.97 Å². The minimum atomic E-state index is -0.562. The van der Waals surface area contributed by atoms with Crippen molar-refractivity contribution in [2.24, 2.45) is 0 Å². The number of esters is 1. The first-order valence-electron chi connectivity index (χ1n) is 9.87. The first-order chi connectivity index (χ1) is 14.0. The molecule has 0 bridgehead atoms. The number of ether oxygens (including phenoxy) is 2. The van der Waals surface area contributed by atoms with Gasteiger partial charge in [0.05, 0.1) is 5.41 Å². The minimum absolute atomic E-state index is 0.0975. The Kier molecular flexibility index (Phi) is 4.06. The number of hydrogen-bond donors (Lipinski definition) is 2. The Labute approximate surface area is 169 Å². The molecule has 150 valence electrons. The summed E-state index contributed by atoms with van der Waals surface area (Å²) in [5.41, 5.74) is 2.04. The number of rotatable bonds is 2. The van der Waals surface area contributed by atoms with Crippen LogP contribution < -0.4 is 4.74 Å². The van der Waals surface area contributed by atoms with Crippen molar-refractivity contribution in [1.29, 1.82) is 0 Å². The molecular weight excluding hydrogens is 370 g/mol. The van der Waals surface area contributed by atoms with E-state index in [0.717, 1.165) is 30.6 Å². The number of carbonyl (C=O) groups is 1. The highest BCUT2D eigenvalue weighted by Crippen LogP contribution is 2.55. The summed E-state index contributed by atoms with van der Waals surface area (Å²) in [6.45, 7) is 1.71. The van der Waals surface area contributed by atoms with Gasteiger partial charge < -0.3 is 24.6 Å². The van der Waals surface area contributed by atoms with Crippen LogP contribution in [-0.2, 0) is 16.7 Å². The van der Waals surface area contributed by atoms with E-state index in [1.54, 1.807) is 24.3 Å². The Bertz CT molecular complexity index is 1020. The number of aromatic hydroxyl groups is 2. The van der Waals surface area contributed by atoms with Gasteiger partial charge in [0.25, 0.3) is 0 Å². The standard InChI is InChI=1S/C23H23NO5/c1-24-11-10-23-9-8-15(28-22(27)16-4-2-3-5-17(16)25)12-19(23)29-21-18(26)7-6-14(13-24)20(21)23/h2-9,15,19,25-26H,10-13H2,1H3/t15?,19?,23-/m0/s1. The molecule has 0 radical (unpaired) electrons. The highest BCUT2D eigenvalue weighted by Gasteiger charge is 2.53. The van der Waals surface area contributed by atoms with Crippen molar-refractivity contribution in [3.05, 3.63) is 65.2 Å². The molecule has 2 N–H and O–H groups in total. The lowest BCUT2D eigenvalue weighted by atomic mass is 9.69. The SMILES string of the molecule is CN1CC[C@@]23C=CC(OC(=O)c4ccccc4O)CC2Oc2c(O)ccc(c23)C1. The molecule has 0 fully saturated rings. The highest BCUT2D eigenvalue weighted by atomic mass is 16.5. The van der Waals surface area contributed by atoms with E-state index in [4.69, 9.17) is 9.47 Å². The molecule has 5 rings (SSSR count). The van der Waals surface area contributed by atoms with Gasteiger partial charge in [-0.3, -0.25) is 0 Å². The minimum Gasteiger partial charge on any atom is -0.507 e. The van der Waals surface area contributed by atoms with Crippen LogP contribution in [0.5, 0.6) is 17.2 Å². The summed E-state index contributed by atoms with van der Waals surface area (Å²) in [5, 5.41) is 20.3. The van der Waals surface area contributed by atoms with Crippen LogP contribution in [0.1, 0.15) is 34.3 Å². The molecule has 2 aliphatic heterocycles. The van der Waals surface area contributed by atoms with E-state index in [2.05, 4.69) is 18.0 Å². The van der Waals surface area contributed by atoms with Crippen LogP contribution in [0, 0.1) is 0 Å². The largest absolute Gasteiger partial charge is 0.507 e. The Morgan fingerprint density at radius 3 is 2.86 bits per heavy atom. The van der Waals surface area contributed by atoms with Gasteiger partial charge in [-0.2, -0.15) is 0 Å². The second kappa shape index (κ2) is 6.52. The molecule has 1 spiro atoms. The molecule has 2 aromatic rings. The lowest BCUT2D eigenvalue weighted by molar-refractivity contribution is 0.0215. The maximum absolute atomic E-state index is 12.5. The van der Waals surface area contributed by atoms with E-state index in [9.17, 15) is 15.0 Å². The Hall–Kier alpha value is -2.99. The average molecular weight is 393 g/mol. The quantitative estimate of drug-likeness (QED) is 0.603. The fraction of sp³-hybridized carbons (Fsp3) is 0.348. The highest BCUT2D eigenvalue weighted by molar-refractivity contribution is 5.92. The first kappa shape index (κ1) is 18.1. The van der Waals surface area contributed by atoms with E-state index in [1.807, 2.05) is 12.1 Å². The van der Waals surface area contributed by atoms with Crippen molar-refractivity contribution in [1.82, 2.24) is 4.90 Å². The number of carbonyl (C=O) groups excluding carboxylic acids is 1. The summed E-state index contributed by atoms with van der Waals surface area (Å²) in [6.07, 6.45) is 4.70. The zero-order valence-electron chi connectivity index (χ0n) is 16.2. The molecular formula is C23H23NO5. The summed E-state index contributed by atoms with van der Waals surface area (Å²) in [4.78, 5) is 14.8. The number of hydrogen-bond acceptors (Lipinski definition) is 6. The van der Waals surface area contributed by atoms with E-state index in [1.165, 1.54) is 6.07 Å². The molecule has 2 heterocycles. The number of benzene rings is 2. The van der Waals surface area contributed by atoms with E-state index >= 15 is 0 Å². The van der Waals surface area contributed by atoms with E-state index in [0.29, 0.717) is 12.2 Å². The van der Waals surface area contributed by atoms with Crippen LogP contribution in [0.3, 0.4) is 0 Å². The normalized spacial score (nSPS) is 27.5.